The van der Waals surface area contributed by atoms with Crippen LogP contribution in [-0.4, -0.2) is 5.92 Å². The Balaban J connectivity index is 3.46. The molecule has 0 aromatic heterocycles. The van der Waals surface area contributed by atoms with Gasteiger partial charge in [0.15, 0.2) is 0 Å². The van der Waals surface area contributed by atoms with E-state index in [1.54, 1.807) is 0 Å². The van der Waals surface area contributed by atoms with Crippen molar-refractivity contribution in [3.8, 4) is 0 Å². The number of allylic oxidation sites excluding steroid dienone is 3. The number of hydrogen-bond acceptors (Lipinski definition) is 0. The van der Waals surface area contributed by atoms with E-state index in [2.05, 4.69) is 13.5 Å². The highest BCUT2D eigenvalue weighted by Gasteiger charge is 2.17. The summed E-state index contributed by atoms with van der Waals surface area (Å²) in [5, 5.41) is 0. The highest BCUT2D eigenvalue weighted by atomic mass is 19.3. The Morgan fingerprint density at radius 3 is 2.46 bits per heavy atom. The zero-order chi connectivity index (χ0) is 10.2. The second kappa shape index (κ2) is 6.81. The quantitative estimate of drug-likeness (QED) is 0.412. The summed E-state index contributed by atoms with van der Waals surface area (Å²) in [5.41, 5.74) is 0. The van der Waals surface area contributed by atoms with Gasteiger partial charge in [-0.15, -0.1) is 0 Å². The first-order valence-electron chi connectivity index (χ1n) is 4.81. The highest BCUT2D eigenvalue weighted by Crippen LogP contribution is 2.16. The van der Waals surface area contributed by atoms with Gasteiger partial charge in [-0.3, -0.25) is 0 Å². The average molecular weight is 188 g/mol. The summed E-state index contributed by atoms with van der Waals surface area (Å²) < 4.78 is 25.0. The predicted octanol–water partition coefficient (Wildman–Crippen LogP) is 4.33. The topological polar surface area (TPSA) is 0 Å². The van der Waals surface area contributed by atoms with Crippen LogP contribution in [0, 0.1) is 0 Å². The second-order valence-electron chi connectivity index (χ2n) is 3.13. The van der Waals surface area contributed by atoms with Gasteiger partial charge >= 0.3 is 0 Å². The van der Waals surface area contributed by atoms with Crippen LogP contribution in [0.5, 0.6) is 0 Å². The van der Waals surface area contributed by atoms with Crippen LogP contribution in [0.2, 0.25) is 0 Å². The van der Waals surface area contributed by atoms with Crippen LogP contribution >= 0.6 is 0 Å². The number of unbranched alkanes of at least 4 members (excludes halogenated alkanes) is 4. The molecule has 0 fully saturated rings. The summed E-state index contributed by atoms with van der Waals surface area (Å²) >= 11 is 0. The fourth-order valence-corrected chi connectivity index (χ4v) is 0.997. The molecule has 76 valence electrons. The van der Waals surface area contributed by atoms with E-state index in [9.17, 15) is 8.78 Å². The van der Waals surface area contributed by atoms with Crippen molar-refractivity contribution in [1.82, 2.24) is 0 Å². The van der Waals surface area contributed by atoms with Gasteiger partial charge in [0.2, 0.25) is 0 Å². The third-order valence-electron chi connectivity index (χ3n) is 1.84. The van der Waals surface area contributed by atoms with Gasteiger partial charge in [-0.25, -0.2) is 0 Å². The summed E-state index contributed by atoms with van der Waals surface area (Å²) in [6.07, 6.45) is 8.35. The summed E-state index contributed by atoms with van der Waals surface area (Å²) in [5.74, 6) is -2.83. The van der Waals surface area contributed by atoms with E-state index in [1.165, 1.54) is 18.9 Å². The molecule has 0 heterocycles. The Morgan fingerprint density at radius 1 is 1.23 bits per heavy atom. The Kier molecular flexibility index (Phi) is 6.47. The minimum atomic E-state index is -2.83. The SMILES string of the molecule is C=CC(F)(F)/C=C/CCCCCC. The van der Waals surface area contributed by atoms with Gasteiger partial charge in [-0.1, -0.05) is 38.8 Å². The lowest BCUT2D eigenvalue weighted by atomic mass is 10.1. The molecule has 0 aliphatic heterocycles. The monoisotopic (exact) mass is 188 g/mol. The third-order valence-corrected chi connectivity index (χ3v) is 1.84. The van der Waals surface area contributed by atoms with Crippen LogP contribution < -0.4 is 0 Å². The van der Waals surface area contributed by atoms with Crippen molar-refractivity contribution in [2.45, 2.75) is 45.0 Å². The smallest absolute Gasteiger partial charge is 0.197 e. The molecule has 0 radical (unpaired) electrons. The Morgan fingerprint density at radius 2 is 1.92 bits per heavy atom. The molecule has 0 aliphatic carbocycles. The lowest BCUT2D eigenvalue weighted by molar-refractivity contribution is 0.111. The molecule has 0 nitrogen and oxygen atoms in total. The van der Waals surface area contributed by atoms with Crippen molar-refractivity contribution in [2.75, 3.05) is 0 Å². The molecule has 0 bridgehead atoms. The fourth-order valence-electron chi connectivity index (χ4n) is 0.997. The van der Waals surface area contributed by atoms with Crippen LogP contribution in [0.25, 0.3) is 0 Å². The molecule has 0 saturated carbocycles. The molecule has 0 N–H and O–H groups in total. The number of halogens is 2. The zero-order valence-electron chi connectivity index (χ0n) is 8.23. The first-order chi connectivity index (χ1) is 6.12. The van der Waals surface area contributed by atoms with Crippen molar-refractivity contribution in [1.29, 1.82) is 0 Å². The molecule has 0 spiro atoms. The van der Waals surface area contributed by atoms with Crippen molar-refractivity contribution in [3.05, 3.63) is 24.8 Å². The van der Waals surface area contributed by atoms with Gasteiger partial charge in [0.25, 0.3) is 5.92 Å². The fraction of sp³-hybridized carbons (Fsp3) is 0.636. The van der Waals surface area contributed by atoms with E-state index in [1.807, 2.05) is 0 Å². The van der Waals surface area contributed by atoms with Crippen LogP contribution in [0.1, 0.15) is 39.0 Å². The Hall–Kier alpha value is -0.660. The number of rotatable bonds is 7. The summed E-state index contributed by atoms with van der Waals surface area (Å²) in [6, 6.07) is 0. The van der Waals surface area contributed by atoms with Crippen molar-refractivity contribution >= 4 is 0 Å². The minimum Gasteiger partial charge on any atom is -0.197 e. The van der Waals surface area contributed by atoms with Crippen LogP contribution in [0.4, 0.5) is 8.78 Å². The van der Waals surface area contributed by atoms with Crippen LogP contribution in [-0.2, 0) is 0 Å². The maximum atomic E-state index is 12.5. The summed E-state index contributed by atoms with van der Waals surface area (Å²) in [7, 11) is 0. The van der Waals surface area contributed by atoms with Crippen molar-refractivity contribution < 1.29 is 8.78 Å². The molecule has 0 amide bonds. The van der Waals surface area contributed by atoms with Crippen molar-refractivity contribution in [2.24, 2.45) is 0 Å². The average Bonchev–Trinajstić information content (AvgIpc) is 2.11. The minimum absolute atomic E-state index is 0.662. The summed E-state index contributed by atoms with van der Waals surface area (Å²) in [6.45, 7) is 5.19. The van der Waals surface area contributed by atoms with Gasteiger partial charge in [0, 0.05) is 0 Å². The number of hydrogen-bond donors (Lipinski definition) is 0. The van der Waals surface area contributed by atoms with Gasteiger partial charge < -0.3 is 0 Å². The number of alkyl halides is 2. The molecule has 0 saturated heterocycles. The maximum absolute atomic E-state index is 12.5. The Labute approximate surface area is 79.3 Å². The van der Waals surface area contributed by atoms with E-state index >= 15 is 0 Å². The normalized spacial score (nSPS) is 12.2. The highest BCUT2D eigenvalue weighted by molar-refractivity contribution is 5.04. The van der Waals surface area contributed by atoms with Crippen molar-refractivity contribution in [3.63, 3.8) is 0 Å². The van der Waals surface area contributed by atoms with E-state index < -0.39 is 5.92 Å². The van der Waals surface area contributed by atoms with Gasteiger partial charge in [-0.2, -0.15) is 8.78 Å². The van der Waals surface area contributed by atoms with E-state index in [0.717, 1.165) is 25.3 Å². The molecule has 0 aromatic carbocycles. The van der Waals surface area contributed by atoms with Gasteiger partial charge in [-0.05, 0) is 25.0 Å². The van der Waals surface area contributed by atoms with E-state index in [4.69, 9.17) is 0 Å². The Bertz CT molecular complexity index is 159. The maximum Gasteiger partial charge on any atom is 0.284 e. The molecular weight excluding hydrogens is 170 g/mol. The zero-order valence-corrected chi connectivity index (χ0v) is 8.23. The van der Waals surface area contributed by atoms with E-state index in [0.29, 0.717) is 6.08 Å². The molecule has 0 atom stereocenters. The van der Waals surface area contributed by atoms with Gasteiger partial charge in [0.1, 0.15) is 0 Å². The standard InChI is InChI=1S/C11H18F2/c1-3-5-6-7-8-9-10-11(12,13)4-2/h4,9-10H,2-3,5-8H2,1H3/b10-9+. The lowest BCUT2D eigenvalue weighted by Crippen LogP contribution is -2.05. The van der Waals surface area contributed by atoms with Crippen LogP contribution in [0.3, 0.4) is 0 Å². The largest absolute Gasteiger partial charge is 0.284 e. The summed E-state index contributed by atoms with van der Waals surface area (Å²) in [4.78, 5) is 0. The lowest BCUT2D eigenvalue weighted by Gasteiger charge is -2.03. The third kappa shape index (κ3) is 7.69. The predicted molar refractivity (Wildman–Crippen MR) is 53.0 cm³/mol. The molecule has 0 rings (SSSR count). The van der Waals surface area contributed by atoms with Gasteiger partial charge in [0.05, 0.1) is 0 Å². The second-order valence-corrected chi connectivity index (χ2v) is 3.13. The van der Waals surface area contributed by atoms with E-state index in [-0.39, 0.29) is 0 Å². The first kappa shape index (κ1) is 12.3. The first-order valence-corrected chi connectivity index (χ1v) is 4.81. The van der Waals surface area contributed by atoms with Crippen LogP contribution in [0.15, 0.2) is 24.8 Å². The molecular formula is C11H18F2. The molecule has 0 unspecified atom stereocenters. The molecule has 2 heteroatoms. The molecule has 13 heavy (non-hydrogen) atoms. The molecule has 0 aromatic rings. The molecule has 0 aliphatic rings.